The van der Waals surface area contributed by atoms with Crippen LogP contribution in [-0.2, 0) is 6.18 Å². The number of rotatable bonds is 3. The molecule has 0 bridgehead atoms. The van der Waals surface area contributed by atoms with Gasteiger partial charge >= 0.3 is 6.18 Å². The lowest BCUT2D eigenvalue weighted by Gasteiger charge is -2.35. The van der Waals surface area contributed by atoms with E-state index in [1.165, 1.54) is 6.07 Å². The van der Waals surface area contributed by atoms with Gasteiger partial charge in [0.05, 0.1) is 5.56 Å². The highest BCUT2D eigenvalue weighted by Gasteiger charge is 2.35. The molecule has 0 radical (unpaired) electrons. The van der Waals surface area contributed by atoms with Crippen LogP contribution in [0.15, 0.2) is 18.2 Å². The van der Waals surface area contributed by atoms with E-state index >= 15 is 0 Å². The van der Waals surface area contributed by atoms with Gasteiger partial charge in [0.25, 0.3) is 0 Å². The summed E-state index contributed by atoms with van der Waals surface area (Å²) in [5.41, 5.74) is -0.647. The highest BCUT2D eigenvalue weighted by molar-refractivity contribution is 5.85. The van der Waals surface area contributed by atoms with E-state index in [2.05, 4.69) is 10.2 Å². The van der Waals surface area contributed by atoms with E-state index < -0.39 is 17.6 Å². The molecular weight excluding hydrogens is 308 g/mol. The van der Waals surface area contributed by atoms with Crippen LogP contribution in [0.3, 0.4) is 0 Å². The number of halogens is 5. The maximum atomic E-state index is 13.3. The van der Waals surface area contributed by atoms with Gasteiger partial charge in [0.15, 0.2) is 0 Å². The molecule has 1 fully saturated rings. The molecule has 0 spiro atoms. The first-order valence-corrected chi connectivity index (χ1v) is 6.75. The standard InChI is InChI=1S/C14H18F4N2.ClH/c1-2-13(20-7-5-19-6-8-20)10-3-4-12(15)11(9-10)14(16,17)18;/h3-4,9,13,19H,2,5-8H2,1H3;1H/t13-;/m0./s1. The molecule has 0 unspecified atom stereocenters. The molecule has 2 rings (SSSR count). The Balaban J connectivity index is 0.00000220. The van der Waals surface area contributed by atoms with Crippen LogP contribution in [-0.4, -0.2) is 31.1 Å². The van der Waals surface area contributed by atoms with Crippen molar-refractivity contribution in [2.45, 2.75) is 25.6 Å². The molecule has 0 amide bonds. The molecule has 0 aliphatic carbocycles. The normalized spacial score (nSPS) is 18.1. The van der Waals surface area contributed by atoms with Gasteiger partial charge < -0.3 is 5.32 Å². The van der Waals surface area contributed by atoms with Crippen LogP contribution >= 0.6 is 12.4 Å². The molecule has 1 atom stereocenters. The summed E-state index contributed by atoms with van der Waals surface area (Å²) in [5.74, 6) is -1.21. The monoisotopic (exact) mass is 326 g/mol. The third-order valence-electron chi connectivity index (χ3n) is 3.66. The zero-order valence-corrected chi connectivity index (χ0v) is 12.5. The summed E-state index contributed by atoms with van der Waals surface area (Å²) in [6, 6.07) is 3.23. The van der Waals surface area contributed by atoms with Gasteiger partial charge in [0.2, 0.25) is 0 Å². The van der Waals surface area contributed by atoms with Gasteiger partial charge in [0.1, 0.15) is 5.82 Å². The molecule has 1 aliphatic heterocycles. The van der Waals surface area contributed by atoms with Crippen molar-refractivity contribution >= 4 is 12.4 Å². The van der Waals surface area contributed by atoms with E-state index in [0.29, 0.717) is 12.0 Å². The van der Waals surface area contributed by atoms with Crippen molar-refractivity contribution in [1.82, 2.24) is 10.2 Å². The predicted octanol–water partition coefficient (Wildman–Crippen LogP) is 3.62. The number of hydrogen-bond acceptors (Lipinski definition) is 2. The quantitative estimate of drug-likeness (QED) is 0.853. The topological polar surface area (TPSA) is 15.3 Å². The number of hydrogen-bond donors (Lipinski definition) is 1. The second kappa shape index (κ2) is 7.42. The molecule has 21 heavy (non-hydrogen) atoms. The second-order valence-corrected chi connectivity index (χ2v) is 4.95. The van der Waals surface area contributed by atoms with E-state index in [0.717, 1.165) is 38.3 Å². The van der Waals surface area contributed by atoms with Gasteiger partial charge in [-0.05, 0) is 24.1 Å². The molecule has 7 heteroatoms. The minimum absolute atomic E-state index is 0. The van der Waals surface area contributed by atoms with Crippen molar-refractivity contribution in [1.29, 1.82) is 0 Å². The van der Waals surface area contributed by atoms with E-state index in [-0.39, 0.29) is 18.4 Å². The summed E-state index contributed by atoms with van der Waals surface area (Å²) in [6.07, 6.45) is -3.95. The average Bonchev–Trinajstić information content (AvgIpc) is 2.41. The second-order valence-electron chi connectivity index (χ2n) is 4.95. The molecule has 0 saturated carbocycles. The summed E-state index contributed by atoms with van der Waals surface area (Å²) in [5, 5.41) is 3.21. The molecule has 1 aliphatic rings. The Morgan fingerprint density at radius 1 is 1.24 bits per heavy atom. The molecule has 0 aromatic heterocycles. The van der Waals surface area contributed by atoms with Gasteiger partial charge in [-0.25, -0.2) is 4.39 Å². The maximum absolute atomic E-state index is 13.3. The highest BCUT2D eigenvalue weighted by atomic mass is 35.5. The van der Waals surface area contributed by atoms with Gasteiger partial charge in [-0.2, -0.15) is 13.2 Å². The van der Waals surface area contributed by atoms with Crippen molar-refractivity contribution in [2.75, 3.05) is 26.2 Å². The van der Waals surface area contributed by atoms with Crippen LogP contribution in [0.4, 0.5) is 17.6 Å². The Morgan fingerprint density at radius 3 is 2.38 bits per heavy atom. The van der Waals surface area contributed by atoms with Crippen LogP contribution in [0.2, 0.25) is 0 Å². The van der Waals surface area contributed by atoms with Crippen LogP contribution in [0, 0.1) is 5.82 Å². The highest BCUT2D eigenvalue weighted by Crippen LogP contribution is 2.34. The van der Waals surface area contributed by atoms with Crippen LogP contribution in [0.25, 0.3) is 0 Å². The Labute approximate surface area is 127 Å². The molecule has 2 nitrogen and oxygen atoms in total. The molecule has 120 valence electrons. The van der Waals surface area contributed by atoms with Gasteiger partial charge in [0, 0.05) is 32.2 Å². The molecular formula is C14H19ClF4N2. The van der Waals surface area contributed by atoms with Gasteiger partial charge in [-0.15, -0.1) is 12.4 Å². The summed E-state index contributed by atoms with van der Waals surface area (Å²) in [7, 11) is 0. The average molecular weight is 327 g/mol. The smallest absolute Gasteiger partial charge is 0.314 e. The Kier molecular flexibility index (Phi) is 6.43. The SMILES string of the molecule is CC[C@@H](c1ccc(F)c(C(F)(F)F)c1)N1CCNCC1.Cl. The predicted molar refractivity (Wildman–Crippen MR) is 76.1 cm³/mol. The summed E-state index contributed by atoms with van der Waals surface area (Å²) < 4.78 is 51.7. The van der Waals surface area contributed by atoms with Crippen molar-refractivity contribution in [3.05, 3.63) is 35.1 Å². The van der Waals surface area contributed by atoms with Crippen molar-refractivity contribution < 1.29 is 17.6 Å². The summed E-state index contributed by atoms with van der Waals surface area (Å²) in [4.78, 5) is 2.14. The third kappa shape index (κ3) is 4.31. The summed E-state index contributed by atoms with van der Waals surface area (Å²) >= 11 is 0. The lowest BCUT2D eigenvalue weighted by molar-refractivity contribution is -0.140. The summed E-state index contributed by atoms with van der Waals surface area (Å²) in [6.45, 7) is 5.16. The lowest BCUT2D eigenvalue weighted by Crippen LogP contribution is -2.45. The first-order chi connectivity index (χ1) is 9.43. The fraction of sp³-hybridized carbons (Fsp3) is 0.571. The molecule has 1 aromatic rings. The van der Waals surface area contributed by atoms with Crippen molar-refractivity contribution in [3.8, 4) is 0 Å². The number of piperazine rings is 1. The molecule has 1 aromatic carbocycles. The fourth-order valence-corrected chi connectivity index (χ4v) is 2.67. The largest absolute Gasteiger partial charge is 0.419 e. The minimum atomic E-state index is -4.65. The number of alkyl halides is 3. The molecule has 1 saturated heterocycles. The maximum Gasteiger partial charge on any atom is 0.419 e. The first kappa shape index (κ1) is 18.2. The fourth-order valence-electron chi connectivity index (χ4n) is 2.67. The number of nitrogens with zero attached hydrogens (tertiary/aromatic N) is 1. The first-order valence-electron chi connectivity index (χ1n) is 6.75. The van der Waals surface area contributed by atoms with Crippen molar-refractivity contribution in [3.63, 3.8) is 0 Å². The molecule has 1 N–H and O–H groups in total. The zero-order chi connectivity index (χ0) is 14.8. The Hall–Kier alpha value is -0.850. The van der Waals surface area contributed by atoms with Crippen molar-refractivity contribution in [2.24, 2.45) is 0 Å². The van der Waals surface area contributed by atoms with E-state index in [1.807, 2.05) is 6.92 Å². The molecule has 1 heterocycles. The Morgan fingerprint density at radius 2 is 1.86 bits per heavy atom. The van der Waals surface area contributed by atoms with Crippen LogP contribution in [0.5, 0.6) is 0 Å². The number of benzene rings is 1. The van der Waals surface area contributed by atoms with Gasteiger partial charge in [-0.3, -0.25) is 4.90 Å². The van der Waals surface area contributed by atoms with Gasteiger partial charge in [-0.1, -0.05) is 13.0 Å². The van der Waals surface area contributed by atoms with Crippen LogP contribution < -0.4 is 5.32 Å². The van der Waals surface area contributed by atoms with E-state index in [9.17, 15) is 17.6 Å². The Bertz CT molecular complexity index is 459. The number of nitrogens with one attached hydrogen (secondary N) is 1. The van der Waals surface area contributed by atoms with Crippen LogP contribution in [0.1, 0.15) is 30.5 Å². The lowest BCUT2D eigenvalue weighted by atomic mass is 9.99. The third-order valence-corrected chi connectivity index (χ3v) is 3.66. The minimum Gasteiger partial charge on any atom is -0.314 e. The zero-order valence-electron chi connectivity index (χ0n) is 11.7. The van der Waals surface area contributed by atoms with E-state index in [4.69, 9.17) is 0 Å². The van der Waals surface area contributed by atoms with E-state index in [1.54, 1.807) is 0 Å².